The molecule has 1 saturated heterocycles. The van der Waals surface area contributed by atoms with E-state index in [0.717, 1.165) is 13.2 Å². The highest BCUT2D eigenvalue weighted by molar-refractivity contribution is 5.75. The Morgan fingerprint density at radius 3 is 2.81 bits per heavy atom. The number of rotatable bonds is 1. The Morgan fingerprint density at radius 2 is 2.12 bits per heavy atom. The zero-order valence-corrected chi connectivity index (χ0v) is 9.79. The van der Waals surface area contributed by atoms with Crippen LogP contribution in [0.4, 0.5) is 5.69 Å². The van der Waals surface area contributed by atoms with E-state index in [0.29, 0.717) is 5.92 Å². The third-order valence-electron chi connectivity index (χ3n) is 3.34. The molecular weight excluding hydrogens is 198 g/mol. The number of ether oxygens (including phenoxy) is 1. The average molecular weight is 215 g/mol. The maximum Gasteiger partial charge on any atom is 0.0557 e. The van der Waals surface area contributed by atoms with Crippen LogP contribution in [-0.4, -0.2) is 18.8 Å². The van der Waals surface area contributed by atoms with Crippen molar-refractivity contribution in [1.82, 2.24) is 0 Å². The molecule has 0 amide bonds. The molecule has 0 radical (unpaired) electrons. The third-order valence-corrected chi connectivity index (χ3v) is 3.34. The van der Waals surface area contributed by atoms with Crippen molar-refractivity contribution >= 4 is 11.8 Å². The predicted molar refractivity (Wildman–Crippen MR) is 66.7 cm³/mol. The zero-order chi connectivity index (χ0) is 11.2. The second-order valence-corrected chi connectivity index (χ2v) is 5.22. The van der Waals surface area contributed by atoms with E-state index in [9.17, 15) is 0 Å². The standard InChI is InChI=1S/C14H17NO/c1-14(2)7-6-12-11(10-8-16-9-10)4-3-5-13(12)15-14/h3-7,10,15H,8-9H2,1-2H3. The quantitative estimate of drug-likeness (QED) is 0.777. The van der Waals surface area contributed by atoms with Crippen molar-refractivity contribution in [3.05, 3.63) is 35.4 Å². The molecule has 0 unspecified atom stereocenters. The summed E-state index contributed by atoms with van der Waals surface area (Å²) in [5.41, 5.74) is 4.07. The molecule has 84 valence electrons. The number of benzene rings is 1. The number of hydrogen-bond acceptors (Lipinski definition) is 2. The van der Waals surface area contributed by atoms with Gasteiger partial charge in [-0.2, -0.15) is 0 Å². The highest BCUT2D eigenvalue weighted by atomic mass is 16.5. The summed E-state index contributed by atoms with van der Waals surface area (Å²) in [5.74, 6) is 0.586. The fraction of sp³-hybridized carbons (Fsp3) is 0.429. The maximum absolute atomic E-state index is 5.28. The first-order valence-electron chi connectivity index (χ1n) is 5.84. The molecular formula is C14H17NO. The molecule has 1 aromatic carbocycles. The minimum Gasteiger partial charge on any atom is -0.380 e. The van der Waals surface area contributed by atoms with Crippen LogP contribution in [0.25, 0.3) is 6.08 Å². The number of nitrogens with one attached hydrogen (secondary N) is 1. The van der Waals surface area contributed by atoms with Gasteiger partial charge in [-0.25, -0.2) is 0 Å². The Morgan fingerprint density at radius 1 is 1.31 bits per heavy atom. The number of hydrogen-bond donors (Lipinski definition) is 1. The average Bonchev–Trinajstić information content (AvgIpc) is 2.13. The van der Waals surface area contributed by atoms with Gasteiger partial charge in [0.2, 0.25) is 0 Å². The normalized spacial score (nSPS) is 22.1. The van der Waals surface area contributed by atoms with Crippen LogP contribution in [0.15, 0.2) is 24.3 Å². The van der Waals surface area contributed by atoms with Crippen molar-refractivity contribution in [2.24, 2.45) is 0 Å². The monoisotopic (exact) mass is 215 g/mol. The highest BCUT2D eigenvalue weighted by Crippen LogP contribution is 2.36. The molecule has 16 heavy (non-hydrogen) atoms. The van der Waals surface area contributed by atoms with Crippen LogP contribution in [0, 0.1) is 0 Å². The first-order valence-corrected chi connectivity index (χ1v) is 5.84. The Hall–Kier alpha value is -1.28. The molecule has 0 saturated carbocycles. The minimum atomic E-state index is 0.0573. The summed E-state index contributed by atoms with van der Waals surface area (Å²) < 4.78 is 5.28. The molecule has 2 aliphatic heterocycles. The van der Waals surface area contributed by atoms with Crippen molar-refractivity contribution in [2.75, 3.05) is 18.5 Å². The molecule has 0 spiro atoms. The van der Waals surface area contributed by atoms with Gasteiger partial charge in [-0.1, -0.05) is 24.3 Å². The van der Waals surface area contributed by atoms with E-state index < -0.39 is 0 Å². The van der Waals surface area contributed by atoms with E-state index in [1.165, 1.54) is 16.8 Å². The molecule has 0 aliphatic carbocycles. The van der Waals surface area contributed by atoms with Crippen molar-refractivity contribution < 1.29 is 4.74 Å². The molecule has 1 fully saturated rings. The van der Waals surface area contributed by atoms with Crippen LogP contribution < -0.4 is 5.32 Å². The van der Waals surface area contributed by atoms with Gasteiger partial charge >= 0.3 is 0 Å². The molecule has 2 nitrogen and oxygen atoms in total. The van der Waals surface area contributed by atoms with Gasteiger partial charge in [0.25, 0.3) is 0 Å². The largest absolute Gasteiger partial charge is 0.380 e. The second kappa shape index (κ2) is 3.36. The lowest BCUT2D eigenvalue weighted by Crippen LogP contribution is -2.32. The molecule has 2 aliphatic rings. The fourth-order valence-corrected chi connectivity index (χ4v) is 2.33. The summed E-state index contributed by atoms with van der Waals surface area (Å²) in [6.45, 7) is 6.11. The summed E-state index contributed by atoms with van der Waals surface area (Å²) in [6.07, 6.45) is 4.48. The number of anilines is 1. The van der Waals surface area contributed by atoms with Crippen LogP contribution in [0.3, 0.4) is 0 Å². The van der Waals surface area contributed by atoms with Crippen LogP contribution in [0.1, 0.15) is 30.9 Å². The molecule has 0 atom stereocenters. The Bertz CT molecular complexity index is 444. The maximum atomic E-state index is 5.28. The van der Waals surface area contributed by atoms with E-state index in [-0.39, 0.29) is 5.54 Å². The third kappa shape index (κ3) is 1.54. The van der Waals surface area contributed by atoms with Crippen LogP contribution in [-0.2, 0) is 4.74 Å². The summed E-state index contributed by atoms with van der Waals surface area (Å²) in [6, 6.07) is 6.51. The lowest BCUT2D eigenvalue weighted by atomic mass is 9.88. The fourth-order valence-electron chi connectivity index (χ4n) is 2.33. The minimum absolute atomic E-state index is 0.0573. The first-order chi connectivity index (χ1) is 7.66. The Labute approximate surface area is 96.3 Å². The van der Waals surface area contributed by atoms with E-state index in [1.807, 2.05) is 0 Å². The summed E-state index contributed by atoms with van der Waals surface area (Å²) in [5, 5.41) is 3.55. The highest BCUT2D eigenvalue weighted by Gasteiger charge is 2.26. The van der Waals surface area contributed by atoms with E-state index in [2.05, 4.69) is 49.5 Å². The van der Waals surface area contributed by atoms with Crippen LogP contribution >= 0.6 is 0 Å². The van der Waals surface area contributed by atoms with Gasteiger partial charge in [0.1, 0.15) is 0 Å². The van der Waals surface area contributed by atoms with Crippen LogP contribution in [0.2, 0.25) is 0 Å². The SMILES string of the molecule is CC1(C)C=Cc2c(cccc2C2COC2)N1. The predicted octanol–water partition coefficient (Wildman–Crippen LogP) is 3.02. The smallest absolute Gasteiger partial charge is 0.0557 e. The molecule has 1 N–H and O–H groups in total. The molecule has 2 heterocycles. The van der Waals surface area contributed by atoms with Gasteiger partial charge in [0.05, 0.1) is 18.8 Å². The number of fused-ring (bicyclic) bond motifs is 1. The summed E-state index contributed by atoms with van der Waals surface area (Å²) >= 11 is 0. The second-order valence-electron chi connectivity index (χ2n) is 5.22. The molecule has 1 aromatic rings. The van der Waals surface area contributed by atoms with E-state index >= 15 is 0 Å². The lowest BCUT2D eigenvalue weighted by molar-refractivity contribution is 0.00836. The van der Waals surface area contributed by atoms with Crippen molar-refractivity contribution in [1.29, 1.82) is 0 Å². The van der Waals surface area contributed by atoms with Gasteiger partial charge in [0.15, 0.2) is 0 Å². The van der Waals surface area contributed by atoms with Crippen molar-refractivity contribution in [3.8, 4) is 0 Å². The topological polar surface area (TPSA) is 21.3 Å². The van der Waals surface area contributed by atoms with Gasteiger partial charge < -0.3 is 10.1 Å². The summed E-state index contributed by atoms with van der Waals surface area (Å²) in [7, 11) is 0. The van der Waals surface area contributed by atoms with E-state index in [1.54, 1.807) is 0 Å². The van der Waals surface area contributed by atoms with Crippen LogP contribution in [0.5, 0.6) is 0 Å². The van der Waals surface area contributed by atoms with Gasteiger partial charge in [-0.3, -0.25) is 0 Å². The van der Waals surface area contributed by atoms with Gasteiger partial charge in [0, 0.05) is 17.2 Å². The molecule has 3 rings (SSSR count). The Balaban J connectivity index is 2.04. The molecule has 0 aromatic heterocycles. The Kier molecular flexibility index (Phi) is 2.08. The van der Waals surface area contributed by atoms with Crippen molar-refractivity contribution in [2.45, 2.75) is 25.3 Å². The van der Waals surface area contributed by atoms with Crippen molar-refractivity contribution in [3.63, 3.8) is 0 Å². The molecule has 2 heteroatoms. The van der Waals surface area contributed by atoms with E-state index in [4.69, 9.17) is 4.74 Å². The van der Waals surface area contributed by atoms with Gasteiger partial charge in [-0.05, 0) is 25.5 Å². The summed E-state index contributed by atoms with van der Waals surface area (Å²) in [4.78, 5) is 0. The lowest BCUT2D eigenvalue weighted by Gasteiger charge is -2.33. The molecule has 0 bridgehead atoms. The van der Waals surface area contributed by atoms with Gasteiger partial charge in [-0.15, -0.1) is 0 Å². The first kappa shape index (κ1) is 9.91. The zero-order valence-electron chi connectivity index (χ0n) is 9.79.